The summed E-state index contributed by atoms with van der Waals surface area (Å²) in [7, 11) is 0. The van der Waals surface area contributed by atoms with Crippen molar-refractivity contribution < 1.29 is 13.9 Å². The highest BCUT2D eigenvalue weighted by Crippen LogP contribution is 2.31. The smallest absolute Gasteiger partial charge is 0.262 e. The normalized spacial score (nSPS) is 10.9. The Balaban J connectivity index is 1.49. The standard InChI is InChI=1S/C22H18ClN3O3/c1-13-5-8-18(14(2)10-13)28-12-20(27)25-15-6-7-17(23)16(11-15)22-26-21-19(29-22)4-3-9-24-21/h3-11H,12H2,1-2H3,(H,25,27). The van der Waals surface area contributed by atoms with Gasteiger partial charge in [-0.15, -0.1) is 0 Å². The minimum Gasteiger partial charge on any atom is -0.483 e. The lowest BCUT2D eigenvalue weighted by atomic mass is 10.1. The van der Waals surface area contributed by atoms with Gasteiger partial charge in [0.25, 0.3) is 5.91 Å². The van der Waals surface area contributed by atoms with Gasteiger partial charge in [0.05, 0.1) is 10.6 Å². The van der Waals surface area contributed by atoms with Crippen LogP contribution >= 0.6 is 11.6 Å². The Morgan fingerprint density at radius 3 is 2.83 bits per heavy atom. The molecule has 0 fully saturated rings. The van der Waals surface area contributed by atoms with Crippen LogP contribution in [0.15, 0.2) is 59.1 Å². The number of carbonyl (C=O) groups is 1. The van der Waals surface area contributed by atoms with E-state index in [2.05, 4.69) is 15.3 Å². The van der Waals surface area contributed by atoms with E-state index < -0.39 is 0 Å². The van der Waals surface area contributed by atoms with Gasteiger partial charge in [-0.25, -0.2) is 4.98 Å². The summed E-state index contributed by atoms with van der Waals surface area (Å²) in [6, 6.07) is 14.5. The number of hydrogen-bond acceptors (Lipinski definition) is 5. The second-order valence-electron chi connectivity index (χ2n) is 6.64. The highest BCUT2D eigenvalue weighted by atomic mass is 35.5. The highest BCUT2D eigenvalue weighted by Gasteiger charge is 2.14. The van der Waals surface area contributed by atoms with E-state index in [1.54, 1.807) is 36.5 Å². The first kappa shape index (κ1) is 19.0. The first-order valence-electron chi connectivity index (χ1n) is 9.01. The van der Waals surface area contributed by atoms with Gasteiger partial charge in [-0.2, -0.15) is 4.98 Å². The summed E-state index contributed by atoms with van der Waals surface area (Å²) in [6.45, 7) is 3.85. The largest absolute Gasteiger partial charge is 0.483 e. The van der Waals surface area contributed by atoms with Crippen LogP contribution in [-0.2, 0) is 4.79 Å². The molecule has 1 N–H and O–H groups in total. The first-order valence-corrected chi connectivity index (χ1v) is 9.39. The third-order valence-corrected chi connectivity index (χ3v) is 4.66. The molecule has 0 unspecified atom stereocenters. The second kappa shape index (κ2) is 7.93. The number of amides is 1. The van der Waals surface area contributed by atoms with Gasteiger partial charge in [0.15, 0.2) is 17.8 Å². The molecule has 2 aromatic heterocycles. The zero-order valence-electron chi connectivity index (χ0n) is 15.9. The summed E-state index contributed by atoms with van der Waals surface area (Å²) in [6.07, 6.45) is 1.64. The minimum atomic E-state index is -0.280. The lowest BCUT2D eigenvalue weighted by Gasteiger charge is -2.11. The molecule has 0 aliphatic heterocycles. The van der Waals surface area contributed by atoms with E-state index in [1.165, 1.54) is 0 Å². The number of oxazole rings is 1. The topological polar surface area (TPSA) is 77.2 Å². The molecule has 2 heterocycles. The molecule has 146 valence electrons. The van der Waals surface area contributed by atoms with Crippen molar-refractivity contribution in [1.29, 1.82) is 0 Å². The van der Waals surface area contributed by atoms with Crippen LogP contribution in [0.4, 0.5) is 5.69 Å². The number of nitrogens with zero attached hydrogens (tertiary/aromatic N) is 2. The van der Waals surface area contributed by atoms with Gasteiger partial charge in [-0.05, 0) is 55.8 Å². The molecule has 0 radical (unpaired) electrons. The summed E-state index contributed by atoms with van der Waals surface area (Å²) in [5.41, 5.74) is 4.31. The zero-order valence-corrected chi connectivity index (χ0v) is 16.7. The Kier molecular flexibility index (Phi) is 5.18. The number of fused-ring (bicyclic) bond motifs is 1. The molecule has 0 spiro atoms. The van der Waals surface area contributed by atoms with Crippen molar-refractivity contribution in [2.24, 2.45) is 0 Å². The average Bonchev–Trinajstić information content (AvgIpc) is 3.13. The number of rotatable bonds is 5. The predicted molar refractivity (Wildman–Crippen MR) is 112 cm³/mol. The molecule has 0 aliphatic rings. The van der Waals surface area contributed by atoms with Gasteiger partial charge in [-0.1, -0.05) is 29.3 Å². The zero-order chi connectivity index (χ0) is 20.4. The number of benzene rings is 2. The number of aromatic nitrogens is 2. The Morgan fingerprint density at radius 1 is 1.17 bits per heavy atom. The molecular formula is C22H18ClN3O3. The average molecular weight is 408 g/mol. The molecule has 6 nitrogen and oxygen atoms in total. The maximum absolute atomic E-state index is 12.3. The van der Waals surface area contributed by atoms with Crippen molar-refractivity contribution in [3.8, 4) is 17.2 Å². The number of anilines is 1. The summed E-state index contributed by atoms with van der Waals surface area (Å²) >= 11 is 6.31. The van der Waals surface area contributed by atoms with Gasteiger partial charge in [-0.3, -0.25) is 4.79 Å². The number of nitrogens with one attached hydrogen (secondary N) is 1. The number of carbonyl (C=O) groups excluding carboxylic acids is 1. The fraction of sp³-hybridized carbons (Fsp3) is 0.136. The molecule has 0 saturated carbocycles. The second-order valence-corrected chi connectivity index (χ2v) is 7.05. The fourth-order valence-electron chi connectivity index (χ4n) is 2.95. The van der Waals surface area contributed by atoms with Crippen LogP contribution in [-0.4, -0.2) is 22.5 Å². The van der Waals surface area contributed by atoms with Crippen molar-refractivity contribution in [3.05, 3.63) is 70.9 Å². The third kappa shape index (κ3) is 4.22. The predicted octanol–water partition coefficient (Wildman–Crippen LogP) is 5.18. The minimum absolute atomic E-state index is 0.103. The number of hydrogen-bond donors (Lipinski definition) is 1. The third-order valence-electron chi connectivity index (χ3n) is 4.33. The maximum Gasteiger partial charge on any atom is 0.262 e. The van der Waals surface area contributed by atoms with Crippen LogP contribution in [0.5, 0.6) is 5.75 Å². The Bertz CT molecular complexity index is 1170. The Labute approximate surface area is 172 Å². The van der Waals surface area contributed by atoms with Crippen LogP contribution in [0.1, 0.15) is 11.1 Å². The molecule has 0 saturated heterocycles. The van der Waals surface area contributed by atoms with E-state index in [1.807, 2.05) is 32.0 Å². The maximum atomic E-state index is 12.3. The highest BCUT2D eigenvalue weighted by molar-refractivity contribution is 6.33. The van der Waals surface area contributed by atoms with Crippen molar-refractivity contribution in [1.82, 2.24) is 9.97 Å². The molecule has 4 rings (SSSR count). The Morgan fingerprint density at radius 2 is 2.03 bits per heavy atom. The summed E-state index contributed by atoms with van der Waals surface area (Å²) in [4.78, 5) is 20.8. The van der Waals surface area contributed by atoms with Gasteiger partial charge >= 0.3 is 0 Å². The quantitative estimate of drug-likeness (QED) is 0.493. The van der Waals surface area contributed by atoms with Gasteiger partial charge in [0.1, 0.15) is 5.75 Å². The summed E-state index contributed by atoms with van der Waals surface area (Å²) < 4.78 is 11.4. The molecule has 0 aliphatic carbocycles. The SMILES string of the molecule is Cc1ccc(OCC(=O)Nc2ccc(Cl)c(-c3nc4ncccc4o3)c2)c(C)c1. The van der Waals surface area contributed by atoms with E-state index in [0.717, 1.165) is 11.1 Å². The summed E-state index contributed by atoms with van der Waals surface area (Å²) in [5, 5.41) is 3.27. The van der Waals surface area contributed by atoms with Gasteiger partial charge < -0.3 is 14.5 Å². The first-order chi connectivity index (χ1) is 14.0. The van der Waals surface area contributed by atoms with E-state index in [-0.39, 0.29) is 12.5 Å². The monoisotopic (exact) mass is 407 g/mol. The van der Waals surface area contributed by atoms with Crippen LogP contribution in [0.3, 0.4) is 0 Å². The molecule has 0 bridgehead atoms. The molecule has 7 heteroatoms. The van der Waals surface area contributed by atoms with Crippen LogP contribution in [0.25, 0.3) is 22.7 Å². The Hall–Kier alpha value is -3.38. The fourth-order valence-corrected chi connectivity index (χ4v) is 3.15. The molecule has 1 amide bonds. The van der Waals surface area contributed by atoms with E-state index in [4.69, 9.17) is 20.8 Å². The van der Waals surface area contributed by atoms with Crippen molar-refractivity contribution in [2.45, 2.75) is 13.8 Å². The van der Waals surface area contributed by atoms with E-state index in [9.17, 15) is 4.79 Å². The lowest BCUT2D eigenvalue weighted by molar-refractivity contribution is -0.118. The molecule has 4 aromatic rings. The van der Waals surface area contributed by atoms with Crippen molar-refractivity contribution >= 4 is 34.4 Å². The number of aryl methyl sites for hydroxylation is 2. The number of ether oxygens (including phenoxy) is 1. The van der Waals surface area contributed by atoms with E-state index in [0.29, 0.717) is 39.1 Å². The van der Waals surface area contributed by atoms with Crippen LogP contribution in [0, 0.1) is 13.8 Å². The summed E-state index contributed by atoms with van der Waals surface area (Å²) in [5.74, 6) is 0.741. The van der Waals surface area contributed by atoms with Gasteiger partial charge in [0.2, 0.25) is 5.89 Å². The number of halogens is 1. The molecular weight excluding hydrogens is 390 g/mol. The van der Waals surface area contributed by atoms with Crippen molar-refractivity contribution in [3.63, 3.8) is 0 Å². The number of pyridine rings is 1. The molecule has 2 aromatic carbocycles. The van der Waals surface area contributed by atoms with Crippen LogP contribution in [0.2, 0.25) is 5.02 Å². The van der Waals surface area contributed by atoms with Crippen molar-refractivity contribution in [2.75, 3.05) is 11.9 Å². The molecule has 0 atom stereocenters. The molecule has 29 heavy (non-hydrogen) atoms. The lowest BCUT2D eigenvalue weighted by Crippen LogP contribution is -2.20. The van der Waals surface area contributed by atoms with Crippen LogP contribution < -0.4 is 10.1 Å². The van der Waals surface area contributed by atoms with Gasteiger partial charge in [0, 0.05) is 11.9 Å². The van der Waals surface area contributed by atoms with E-state index >= 15 is 0 Å².